The molecule has 1 fully saturated rings. The van der Waals surface area contributed by atoms with E-state index >= 15 is 0 Å². The third-order valence-corrected chi connectivity index (χ3v) is 4.16. The smallest absolute Gasteiger partial charge is 0.153 e. The van der Waals surface area contributed by atoms with E-state index in [9.17, 15) is 14.0 Å². The standard InChI is InChI=1S/C14H13FO2/c1-14-7-8-2-3-9(15)6-11(8)10(13(14)17)4-5-12(14)16/h2-3,6,10H,4-5,7H2,1H3. The molecule has 17 heavy (non-hydrogen) atoms. The molecule has 3 heteroatoms. The number of carbonyl (C=O) groups is 2. The lowest BCUT2D eigenvalue weighted by Crippen LogP contribution is -2.48. The van der Waals surface area contributed by atoms with Crippen LogP contribution in [0.3, 0.4) is 0 Å². The van der Waals surface area contributed by atoms with Crippen LogP contribution < -0.4 is 0 Å². The molecule has 3 rings (SSSR count). The Morgan fingerprint density at radius 3 is 2.88 bits per heavy atom. The average molecular weight is 232 g/mol. The normalized spacial score (nSPS) is 31.3. The van der Waals surface area contributed by atoms with Gasteiger partial charge in [0.15, 0.2) is 5.78 Å². The van der Waals surface area contributed by atoms with Crippen molar-refractivity contribution < 1.29 is 14.0 Å². The lowest BCUT2D eigenvalue weighted by Gasteiger charge is -2.40. The highest BCUT2D eigenvalue weighted by Crippen LogP contribution is 2.46. The average Bonchev–Trinajstić information content (AvgIpc) is 2.28. The van der Waals surface area contributed by atoms with Crippen molar-refractivity contribution in [2.45, 2.75) is 32.1 Å². The molecule has 1 saturated carbocycles. The number of hydrogen-bond acceptors (Lipinski definition) is 2. The van der Waals surface area contributed by atoms with Gasteiger partial charge in [-0.1, -0.05) is 6.07 Å². The van der Waals surface area contributed by atoms with Crippen LogP contribution in [-0.4, -0.2) is 11.6 Å². The van der Waals surface area contributed by atoms with E-state index in [1.165, 1.54) is 12.1 Å². The molecular formula is C14H13FO2. The van der Waals surface area contributed by atoms with E-state index in [2.05, 4.69) is 0 Å². The molecule has 2 unspecified atom stereocenters. The number of benzene rings is 1. The molecule has 0 N–H and O–H groups in total. The van der Waals surface area contributed by atoms with Gasteiger partial charge in [-0.25, -0.2) is 4.39 Å². The maximum atomic E-state index is 13.2. The third kappa shape index (κ3) is 1.31. The van der Waals surface area contributed by atoms with Gasteiger partial charge in [0.25, 0.3) is 0 Å². The van der Waals surface area contributed by atoms with Crippen molar-refractivity contribution in [1.29, 1.82) is 0 Å². The first-order valence-corrected chi connectivity index (χ1v) is 5.88. The van der Waals surface area contributed by atoms with Gasteiger partial charge in [-0.2, -0.15) is 0 Å². The van der Waals surface area contributed by atoms with Crippen LogP contribution in [0.5, 0.6) is 0 Å². The number of Topliss-reactive ketones (excluding diaryl/α,β-unsaturated/α-hetero) is 2. The molecule has 1 aromatic carbocycles. The van der Waals surface area contributed by atoms with Crippen LogP contribution in [0.25, 0.3) is 0 Å². The Bertz CT molecular complexity index is 535. The third-order valence-electron chi connectivity index (χ3n) is 4.16. The Morgan fingerprint density at radius 2 is 2.12 bits per heavy atom. The summed E-state index contributed by atoms with van der Waals surface area (Å²) in [7, 11) is 0. The van der Waals surface area contributed by atoms with Crippen LogP contribution in [0.1, 0.15) is 36.8 Å². The summed E-state index contributed by atoms with van der Waals surface area (Å²) in [4.78, 5) is 24.2. The quantitative estimate of drug-likeness (QED) is 0.644. The second-order valence-corrected chi connectivity index (χ2v) is 5.23. The highest BCUT2D eigenvalue weighted by molar-refractivity contribution is 6.12. The van der Waals surface area contributed by atoms with Gasteiger partial charge < -0.3 is 0 Å². The lowest BCUT2D eigenvalue weighted by molar-refractivity contribution is -0.144. The minimum absolute atomic E-state index is 0.0214. The van der Waals surface area contributed by atoms with E-state index in [-0.39, 0.29) is 23.3 Å². The number of fused-ring (bicyclic) bond motifs is 4. The Labute approximate surface area is 98.8 Å². The topological polar surface area (TPSA) is 34.1 Å². The van der Waals surface area contributed by atoms with Gasteiger partial charge in [-0.05, 0) is 43.0 Å². The molecular weight excluding hydrogens is 219 g/mol. The van der Waals surface area contributed by atoms with Gasteiger partial charge in [-0.3, -0.25) is 9.59 Å². The van der Waals surface area contributed by atoms with E-state index in [0.717, 1.165) is 11.1 Å². The highest BCUT2D eigenvalue weighted by Gasteiger charge is 2.51. The molecule has 0 saturated heterocycles. The number of halogens is 1. The summed E-state index contributed by atoms with van der Waals surface area (Å²) in [5.74, 6) is -0.574. The molecule has 0 heterocycles. The predicted molar refractivity (Wildman–Crippen MR) is 60.2 cm³/mol. The minimum atomic E-state index is -0.867. The van der Waals surface area contributed by atoms with E-state index < -0.39 is 5.41 Å². The molecule has 2 bridgehead atoms. The second kappa shape index (κ2) is 3.25. The molecule has 2 nitrogen and oxygen atoms in total. The van der Waals surface area contributed by atoms with Crippen molar-refractivity contribution in [3.8, 4) is 0 Å². The molecule has 0 amide bonds. The summed E-state index contributed by atoms with van der Waals surface area (Å²) in [6.45, 7) is 1.73. The second-order valence-electron chi connectivity index (χ2n) is 5.23. The number of rotatable bonds is 0. The van der Waals surface area contributed by atoms with Gasteiger partial charge in [0, 0.05) is 12.3 Å². The lowest BCUT2D eigenvalue weighted by atomic mass is 9.59. The van der Waals surface area contributed by atoms with Gasteiger partial charge in [0.2, 0.25) is 0 Å². The summed E-state index contributed by atoms with van der Waals surface area (Å²) >= 11 is 0. The fourth-order valence-electron chi connectivity index (χ4n) is 3.12. The fourth-order valence-corrected chi connectivity index (χ4v) is 3.12. The molecule has 2 aliphatic rings. The SMILES string of the molecule is CC12Cc3ccc(F)cc3C(CCC1=O)C2=O. The summed E-state index contributed by atoms with van der Waals surface area (Å²) in [6, 6.07) is 4.56. The Hall–Kier alpha value is -1.51. The zero-order valence-electron chi connectivity index (χ0n) is 9.63. The summed E-state index contributed by atoms with van der Waals surface area (Å²) in [6.07, 6.45) is 1.39. The van der Waals surface area contributed by atoms with Crippen LogP contribution in [0.15, 0.2) is 18.2 Å². The van der Waals surface area contributed by atoms with Crippen LogP contribution in [0.2, 0.25) is 0 Å². The molecule has 1 aromatic rings. The van der Waals surface area contributed by atoms with Crippen LogP contribution in [-0.2, 0) is 16.0 Å². The zero-order chi connectivity index (χ0) is 12.2. The first-order valence-electron chi connectivity index (χ1n) is 5.88. The first-order chi connectivity index (χ1) is 8.02. The molecule has 0 radical (unpaired) electrons. The predicted octanol–water partition coefficient (Wildman–Crippen LogP) is 2.40. The van der Waals surface area contributed by atoms with Crippen molar-refractivity contribution >= 4 is 11.6 Å². The number of ketones is 2. The van der Waals surface area contributed by atoms with Gasteiger partial charge in [-0.15, -0.1) is 0 Å². The molecule has 0 aromatic heterocycles. The van der Waals surface area contributed by atoms with Crippen LogP contribution in [0, 0.1) is 11.2 Å². The van der Waals surface area contributed by atoms with Crippen LogP contribution in [0.4, 0.5) is 4.39 Å². The zero-order valence-corrected chi connectivity index (χ0v) is 9.63. The monoisotopic (exact) mass is 232 g/mol. The van der Waals surface area contributed by atoms with E-state index in [4.69, 9.17) is 0 Å². The van der Waals surface area contributed by atoms with Gasteiger partial charge >= 0.3 is 0 Å². The fraction of sp³-hybridized carbons (Fsp3) is 0.429. The Kier molecular flexibility index (Phi) is 2.03. The first kappa shape index (κ1) is 10.6. The largest absolute Gasteiger partial charge is 0.299 e. The number of carbonyl (C=O) groups excluding carboxylic acids is 2. The highest BCUT2D eigenvalue weighted by atomic mass is 19.1. The Morgan fingerprint density at radius 1 is 1.35 bits per heavy atom. The van der Waals surface area contributed by atoms with Crippen LogP contribution >= 0.6 is 0 Å². The molecule has 2 aliphatic carbocycles. The van der Waals surface area contributed by atoms with Crippen molar-refractivity contribution in [3.05, 3.63) is 35.1 Å². The molecule has 88 valence electrons. The molecule has 0 spiro atoms. The summed E-state index contributed by atoms with van der Waals surface area (Å²) < 4.78 is 13.2. The summed E-state index contributed by atoms with van der Waals surface area (Å²) in [5.41, 5.74) is 0.875. The van der Waals surface area contributed by atoms with Gasteiger partial charge in [0.05, 0.1) is 5.41 Å². The van der Waals surface area contributed by atoms with Crippen molar-refractivity contribution in [2.24, 2.45) is 5.41 Å². The van der Waals surface area contributed by atoms with Crippen molar-refractivity contribution in [2.75, 3.05) is 0 Å². The van der Waals surface area contributed by atoms with E-state index in [1.807, 2.05) is 0 Å². The van der Waals surface area contributed by atoms with Crippen molar-refractivity contribution in [1.82, 2.24) is 0 Å². The van der Waals surface area contributed by atoms with Gasteiger partial charge in [0.1, 0.15) is 11.6 Å². The maximum absolute atomic E-state index is 13.2. The maximum Gasteiger partial charge on any atom is 0.153 e. The Balaban J connectivity index is 2.20. The number of hydrogen-bond donors (Lipinski definition) is 0. The minimum Gasteiger partial charge on any atom is -0.299 e. The van der Waals surface area contributed by atoms with E-state index in [1.54, 1.807) is 13.0 Å². The van der Waals surface area contributed by atoms with Crippen molar-refractivity contribution in [3.63, 3.8) is 0 Å². The summed E-state index contributed by atoms with van der Waals surface area (Å²) in [5, 5.41) is 0. The molecule has 2 atom stereocenters. The molecule has 0 aliphatic heterocycles. The van der Waals surface area contributed by atoms with E-state index in [0.29, 0.717) is 19.3 Å².